The fraction of sp³-hybridized carbons (Fsp3) is 0.400. The summed E-state index contributed by atoms with van der Waals surface area (Å²) < 4.78 is 69.1. The number of alkyl halides is 3. The lowest BCUT2D eigenvalue weighted by Gasteiger charge is -2.28. The van der Waals surface area contributed by atoms with Gasteiger partial charge in [0.1, 0.15) is 11.5 Å². The molecule has 1 amide bonds. The standard InChI is InChI=1S/C15H14F3NO5S/c1-23-11-4-2-9(3-5-11)8-19-12-6-10(14(19)20)7-13(12)24-25(21,22)15(16,17)18/h2-5,7,10,12H,6,8H2,1H3/t10-,12+/m0/s1. The molecular formula is C15H14F3NO5S. The molecule has 1 aliphatic carbocycles. The third-order valence-corrected chi connectivity index (χ3v) is 5.13. The summed E-state index contributed by atoms with van der Waals surface area (Å²) in [6, 6.07) is 5.99. The maximum absolute atomic E-state index is 12.5. The van der Waals surface area contributed by atoms with Crippen molar-refractivity contribution in [3.8, 4) is 5.75 Å². The van der Waals surface area contributed by atoms with E-state index in [1.165, 1.54) is 12.0 Å². The predicted molar refractivity (Wildman–Crippen MR) is 79.6 cm³/mol. The van der Waals surface area contributed by atoms with Crippen molar-refractivity contribution in [2.75, 3.05) is 7.11 Å². The van der Waals surface area contributed by atoms with Gasteiger partial charge < -0.3 is 13.8 Å². The minimum atomic E-state index is -5.75. The third-order valence-electron chi connectivity index (χ3n) is 4.15. The number of hydrogen-bond donors (Lipinski definition) is 0. The van der Waals surface area contributed by atoms with Gasteiger partial charge in [0, 0.05) is 6.54 Å². The smallest absolute Gasteiger partial charge is 0.497 e. The number of fused-ring (bicyclic) bond motifs is 2. The Morgan fingerprint density at radius 3 is 2.40 bits per heavy atom. The van der Waals surface area contributed by atoms with E-state index in [1.54, 1.807) is 24.3 Å². The van der Waals surface area contributed by atoms with Crippen LogP contribution in [0.4, 0.5) is 13.2 Å². The molecule has 2 aliphatic rings. The first-order valence-electron chi connectivity index (χ1n) is 7.28. The van der Waals surface area contributed by atoms with Crippen molar-refractivity contribution in [1.29, 1.82) is 0 Å². The fourth-order valence-corrected chi connectivity index (χ4v) is 3.44. The van der Waals surface area contributed by atoms with E-state index in [2.05, 4.69) is 4.18 Å². The van der Waals surface area contributed by atoms with Crippen molar-refractivity contribution in [3.05, 3.63) is 41.7 Å². The normalized spacial score (nSPS) is 23.0. The Kier molecular flexibility index (Phi) is 4.18. The van der Waals surface area contributed by atoms with Crippen molar-refractivity contribution in [2.24, 2.45) is 5.92 Å². The van der Waals surface area contributed by atoms with Gasteiger partial charge in [0.15, 0.2) is 0 Å². The number of halogens is 3. The highest BCUT2D eigenvalue weighted by Crippen LogP contribution is 2.41. The van der Waals surface area contributed by atoms with Crippen LogP contribution in [-0.2, 0) is 25.6 Å². The van der Waals surface area contributed by atoms with Crippen molar-refractivity contribution in [3.63, 3.8) is 0 Å². The lowest BCUT2D eigenvalue weighted by molar-refractivity contribution is -0.132. The van der Waals surface area contributed by atoms with Crippen LogP contribution < -0.4 is 4.74 Å². The zero-order chi connectivity index (χ0) is 18.4. The van der Waals surface area contributed by atoms with Crippen LogP contribution in [0.1, 0.15) is 12.0 Å². The largest absolute Gasteiger partial charge is 0.534 e. The van der Waals surface area contributed by atoms with Gasteiger partial charge in [-0.1, -0.05) is 12.1 Å². The number of likely N-dealkylation sites (tertiary alicyclic amines) is 1. The lowest BCUT2D eigenvalue weighted by atomic mass is 10.1. The second kappa shape index (κ2) is 5.94. The molecule has 2 bridgehead atoms. The van der Waals surface area contributed by atoms with Crippen molar-refractivity contribution < 1.29 is 35.3 Å². The summed E-state index contributed by atoms with van der Waals surface area (Å²) in [7, 11) is -4.24. The van der Waals surface area contributed by atoms with Crippen molar-refractivity contribution >= 4 is 16.0 Å². The Morgan fingerprint density at radius 2 is 1.88 bits per heavy atom. The average Bonchev–Trinajstić information content (AvgIpc) is 3.06. The summed E-state index contributed by atoms with van der Waals surface area (Å²) >= 11 is 0. The maximum Gasteiger partial charge on any atom is 0.534 e. The van der Waals surface area contributed by atoms with Crippen LogP contribution in [0.3, 0.4) is 0 Å². The van der Waals surface area contributed by atoms with Gasteiger partial charge in [0.05, 0.1) is 19.1 Å². The van der Waals surface area contributed by atoms with Crippen LogP contribution >= 0.6 is 0 Å². The molecule has 1 aliphatic heterocycles. The molecular weight excluding hydrogens is 363 g/mol. The van der Waals surface area contributed by atoms with E-state index in [0.717, 1.165) is 11.6 Å². The number of carbonyl (C=O) groups excluding carboxylic acids is 1. The molecule has 0 unspecified atom stereocenters. The maximum atomic E-state index is 12.5. The first kappa shape index (κ1) is 17.6. The number of methoxy groups -OCH3 is 1. The highest BCUT2D eigenvalue weighted by molar-refractivity contribution is 7.87. The van der Waals surface area contributed by atoms with Gasteiger partial charge in [0.2, 0.25) is 5.91 Å². The molecule has 25 heavy (non-hydrogen) atoms. The Morgan fingerprint density at radius 1 is 1.24 bits per heavy atom. The van der Waals surface area contributed by atoms with Crippen molar-refractivity contribution in [2.45, 2.75) is 24.5 Å². The minimum absolute atomic E-state index is 0.136. The first-order chi connectivity index (χ1) is 11.6. The van der Waals surface area contributed by atoms with E-state index in [0.29, 0.717) is 5.75 Å². The molecule has 136 valence electrons. The van der Waals surface area contributed by atoms with Gasteiger partial charge in [-0.2, -0.15) is 21.6 Å². The number of nitrogens with zero attached hydrogens (tertiary/aromatic N) is 1. The number of amides is 1. The molecule has 0 saturated carbocycles. The molecule has 6 nitrogen and oxygen atoms in total. The van der Waals surface area contributed by atoms with Gasteiger partial charge in [-0.25, -0.2) is 0 Å². The molecule has 3 rings (SSSR count). The zero-order valence-corrected chi connectivity index (χ0v) is 13.8. The summed E-state index contributed by atoms with van der Waals surface area (Å²) in [5, 5.41) is 0. The van der Waals surface area contributed by atoms with Gasteiger partial charge in [-0.3, -0.25) is 4.79 Å². The van der Waals surface area contributed by atoms with Crippen LogP contribution in [0.5, 0.6) is 5.75 Å². The molecule has 0 radical (unpaired) electrons. The quantitative estimate of drug-likeness (QED) is 0.581. The highest BCUT2D eigenvalue weighted by atomic mass is 32.2. The molecule has 1 heterocycles. The molecule has 1 aromatic rings. The second-order valence-electron chi connectivity index (χ2n) is 5.72. The second-order valence-corrected chi connectivity index (χ2v) is 7.26. The summed E-state index contributed by atoms with van der Waals surface area (Å²) in [5.41, 5.74) is -4.78. The zero-order valence-electron chi connectivity index (χ0n) is 13.0. The van der Waals surface area contributed by atoms with Crippen LogP contribution in [0.15, 0.2) is 36.1 Å². The molecule has 1 aromatic carbocycles. The number of carbonyl (C=O) groups is 1. The van der Waals surface area contributed by atoms with Gasteiger partial charge in [-0.15, -0.1) is 0 Å². The average molecular weight is 377 g/mol. The van der Waals surface area contributed by atoms with E-state index in [1.807, 2.05) is 0 Å². The first-order valence-corrected chi connectivity index (χ1v) is 8.69. The molecule has 1 fully saturated rings. The molecule has 0 spiro atoms. The molecule has 0 aromatic heterocycles. The number of rotatable bonds is 5. The Hall–Kier alpha value is -2.23. The molecule has 10 heteroatoms. The number of benzene rings is 1. The van der Waals surface area contributed by atoms with Crippen molar-refractivity contribution in [1.82, 2.24) is 4.90 Å². The van der Waals surface area contributed by atoms with Gasteiger partial charge in [0.25, 0.3) is 0 Å². The predicted octanol–water partition coefficient (Wildman–Crippen LogP) is 2.18. The SMILES string of the molecule is COc1ccc(CN2C(=O)[C@@H]3C=C(OS(=O)(=O)C(F)(F)F)[C@H]2C3)cc1. The lowest BCUT2D eigenvalue weighted by Crippen LogP contribution is -2.38. The Labute approximate surface area is 141 Å². The molecule has 2 atom stereocenters. The topological polar surface area (TPSA) is 72.9 Å². The number of ether oxygens (including phenoxy) is 1. The molecule has 0 N–H and O–H groups in total. The van der Waals surface area contributed by atoms with Crippen LogP contribution in [0.2, 0.25) is 0 Å². The van der Waals surface area contributed by atoms with Crippen LogP contribution in [0, 0.1) is 5.92 Å². The van der Waals surface area contributed by atoms with E-state index in [4.69, 9.17) is 4.74 Å². The number of hydrogen-bond acceptors (Lipinski definition) is 5. The van der Waals surface area contributed by atoms with E-state index in [9.17, 15) is 26.4 Å². The highest BCUT2D eigenvalue weighted by Gasteiger charge is 2.53. The summed E-state index contributed by atoms with van der Waals surface area (Å²) in [6.07, 6.45) is 1.36. The van der Waals surface area contributed by atoms with E-state index < -0.39 is 27.6 Å². The van der Waals surface area contributed by atoms with E-state index in [-0.39, 0.29) is 24.6 Å². The Balaban J connectivity index is 1.77. The van der Waals surface area contributed by atoms with Crippen LogP contribution in [-0.4, -0.2) is 37.9 Å². The fourth-order valence-electron chi connectivity index (χ4n) is 2.93. The van der Waals surface area contributed by atoms with Crippen LogP contribution in [0.25, 0.3) is 0 Å². The Bertz CT molecular complexity index is 817. The summed E-state index contributed by atoms with van der Waals surface area (Å²) in [5.74, 6) is -0.659. The summed E-state index contributed by atoms with van der Waals surface area (Å²) in [4.78, 5) is 13.6. The van der Waals surface area contributed by atoms with Gasteiger partial charge in [-0.05, 0) is 30.2 Å². The van der Waals surface area contributed by atoms with E-state index >= 15 is 0 Å². The molecule has 1 saturated heterocycles. The summed E-state index contributed by atoms with van der Waals surface area (Å²) in [6.45, 7) is 0.136. The third kappa shape index (κ3) is 3.17. The monoisotopic (exact) mass is 377 g/mol. The van der Waals surface area contributed by atoms with Gasteiger partial charge >= 0.3 is 15.6 Å². The minimum Gasteiger partial charge on any atom is -0.497 e.